The van der Waals surface area contributed by atoms with Gasteiger partial charge in [0, 0.05) is 6.08 Å². The van der Waals surface area contributed by atoms with Crippen LogP contribution in [0.5, 0.6) is 0 Å². The highest BCUT2D eigenvalue weighted by molar-refractivity contribution is 5.85. The van der Waals surface area contributed by atoms with Gasteiger partial charge in [0.05, 0.1) is 6.04 Å². The Morgan fingerprint density at radius 1 is 1.33 bits per heavy atom. The zero-order chi connectivity index (χ0) is 12.8. The monoisotopic (exact) mass is 269 g/mol. The first-order valence-electron chi connectivity index (χ1n) is 5.60. The van der Waals surface area contributed by atoms with Crippen LogP contribution in [0.1, 0.15) is 18.5 Å². The lowest BCUT2D eigenvalue weighted by atomic mass is 10.0. The van der Waals surface area contributed by atoms with Gasteiger partial charge in [-0.05, 0) is 26.6 Å². The third-order valence-electron chi connectivity index (χ3n) is 2.61. The van der Waals surface area contributed by atoms with Crippen LogP contribution in [-0.2, 0) is 9.53 Å². The molecule has 0 heterocycles. The number of halogens is 1. The second-order valence-electron chi connectivity index (χ2n) is 4.17. The van der Waals surface area contributed by atoms with Gasteiger partial charge in [-0.2, -0.15) is 0 Å². The Kier molecular flexibility index (Phi) is 7.32. The summed E-state index contributed by atoms with van der Waals surface area (Å²) in [7, 11) is 3.94. The first-order valence-corrected chi connectivity index (χ1v) is 5.60. The molecular weight excluding hydrogens is 250 g/mol. The number of hydrogen-bond acceptors (Lipinski definition) is 3. The number of rotatable bonds is 5. The first-order chi connectivity index (χ1) is 8.06. The van der Waals surface area contributed by atoms with Gasteiger partial charge in [-0.15, -0.1) is 12.4 Å². The summed E-state index contributed by atoms with van der Waals surface area (Å²) < 4.78 is 5.28. The molecule has 2 unspecified atom stereocenters. The highest BCUT2D eigenvalue weighted by Gasteiger charge is 2.23. The van der Waals surface area contributed by atoms with Gasteiger partial charge in [-0.3, -0.25) is 4.90 Å². The number of carbonyl (C=O) groups is 1. The van der Waals surface area contributed by atoms with Crippen LogP contribution < -0.4 is 0 Å². The van der Waals surface area contributed by atoms with Crippen LogP contribution in [0.2, 0.25) is 0 Å². The Bertz CT molecular complexity index is 379. The van der Waals surface area contributed by atoms with Crippen LogP contribution in [0.3, 0.4) is 0 Å². The Morgan fingerprint density at radius 3 is 2.33 bits per heavy atom. The molecule has 4 heteroatoms. The van der Waals surface area contributed by atoms with Gasteiger partial charge in [0.1, 0.15) is 6.10 Å². The number of likely N-dealkylation sites (N-methyl/N-ethyl adjacent to an activating group) is 1. The Hall–Kier alpha value is -1.32. The van der Waals surface area contributed by atoms with Crippen molar-refractivity contribution in [3.8, 4) is 0 Å². The van der Waals surface area contributed by atoms with Crippen molar-refractivity contribution in [1.82, 2.24) is 4.90 Å². The molecule has 0 aliphatic heterocycles. The van der Waals surface area contributed by atoms with Crippen molar-refractivity contribution in [2.75, 3.05) is 14.1 Å². The van der Waals surface area contributed by atoms with Crippen molar-refractivity contribution < 1.29 is 9.53 Å². The van der Waals surface area contributed by atoms with Gasteiger partial charge in [-0.1, -0.05) is 36.9 Å². The van der Waals surface area contributed by atoms with Crippen LogP contribution >= 0.6 is 12.4 Å². The van der Waals surface area contributed by atoms with E-state index in [-0.39, 0.29) is 30.5 Å². The molecule has 0 saturated carbocycles. The molecule has 0 aliphatic rings. The van der Waals surface area contributed by atoms with Crippen molar-refractivity contribution in [1.29, 1.82) is 0 Å². The normalized spacial score (nSPS) is 13.3. The lowest BCUT2D eigenvalue weighted by Gasteiger charge is -2.29. The molecule has 0 aromatic heterocycles. The zero-order valence-corrected chi connectivity index (χ0v) is 11.8. The summed E-state index contributed by atoms with van der Waals surface area (Å²) in [6.45, 7) is 5.29. The zero-order valence-electron chi connectivity index (χ0n) is 11.0. The molecule has 0 fully saturated rings. The number of benzene rings is 1. The Morgan fingerprint density at radius 2 is 1.89 bits per heavy atom. The maximum absolute atomic E-state index is 11.2. The lowest BCUT2D eigenvalue weighted by molar-refractivity contribution is -0.145. The molecule has 100 valence electrons. The molecule has 0 radical (unpaired) electrons. The molecule has 0 spiro atoms. The third-order valence-corrected chi connectivity index (χ3v) is 2.61. The second kappa shape index (κ2) is 7.90. The van der Waals surface area contributed by atoms with Gasteiger partial charge in [-0.25, -0.2) is 4.79 Å². The number of nitrogens with zero attached hydrogens (tertiary/aromatic N) is 1. The van der Waals surface area contributed by atoms with Crippen molar-refractivity contribution in [2.24, 2.45) is 0 Å². The summed E-state index contributed by atoms with van der Waals surface area (Å²) in [6, 6.07) is 10.0. The molecule has 0 N–H and O–H groups in total. The minimum atomic E-state index is -0.389. The summed E-state index contributed by atoms with van der Waals surface area (Å²) in [6.07, 6.45) is 0.965. The lowest BCUT2D eigenvalue weighted by Crippen LogP contribution is -2.32. The highest BCUT2D eigenvalue weighted by Crippen LogP contribution is 2.23. The Labute approximate surface area is 115 Å². The van der Waals surface area contributed by atoms with E-state index in [2.05, 4.69) is 6.58 Å². The molecule has 18 heavy (non-hydrogen) atoms. The molecule has 0 bridgehead atoms. The van der Waals surface area contributed by atoms with Crippen molar-refractivity contribution >= 4 is 18.4 Å². The molecule has 0 amide bonds. The minimum absolute atomic E-state index is 0. The van der Waals surface area contributed by atoms with E-state index >= 15 is 0 Å². The van der Waals surface area contributed by atoms with Gasteiger partial charge in [0.25, 0.3) is 0 Å². The van der Waals surface area contributed by atoms with E-state index in [1.54, 1.807) is 0 Å². The molecule has 1 rings (SSSR count). The minimum Gasteiger partial charge on any atom is -0.457 e. The SMILES string of the molecule is C=CC(=O)OC(C)C(c1ccccc1)N(C)C.Cl. The quantitative estimate of drug-likeness (QED) is 0.608. The second-order valence-corrected chi connectivity index (χ2v) is 4.17. The van der Waals surface area contributed by atoms with Crippen molar-refractivity contribution in [2.45, 2.75) is 19.1 Å². The first kappa shape index (κ1) is 16.7. The van der Waals surface area contributed by atoms with Gasteiger partial charge < -0.3 is 4.74 Å². The maximum Gasteiger partial charge on any atom is 0.330 e. The molecule has 0 aliphatic carbocycles. The predicted octanol–water partition coefficient (Wildman–Crippen LogP) is 2.83. The summed E-state index contributed by atoms with van der Waals surface area (Å²) >= 11 is 0. The summed E-state index contributed by atoms with van der Waals surface area (Å²) in [5.74, 6) is -0.389. The molecule has 1 aromatic carbocycles. The fraction of sp³-hybridized carbons (Fsp3) is 0.357. The topological polar surface area (TPSA) is 29.5 Å². The largest absolute Gasteiger partial charge is 0.457 e. The third kappa shape index (κ3) is 4.51. The van der Waals surface area contributed by atoms with Gasteiger partial charge in [0.15, 0.2) is 0 Å². The van der Waals surface area contributed by atoms with E-state index in [1.807, 2.05) is 56.3 Å². The van der Waals surface area contributed by atoms with E-state index in [0.29, 0.717) is 0 Å². The number of carbonyl (C=O) groups excluding carboxylic acids is 1. The van der Waals surface area contributed by atoms with Crippen LogP contribution in [-0.4, -0.2) is 31.1 Å². The maximum atomic E-state index is 11.2. The average Bonchev–Trinajstić information content (AvgIpc) is 2.29. The van der Waals surface area contributed by atoms with Gasteiger partial charge in [0.2, 0.25) is 0 Å². The van der Waals surface area contributed by atoms with Crippen LogP contribution in [0.15, 0.2) is 43.0 Å². The molecule has 2 atom stereocenters. The molecule has 0 saturated heterocycles. The number of esters is 1. The average molecular weight is 270 g/mol. The van der Waals surface area contributed by atoms with E-state index in [0.717, 1.165) is 5.56 Å². The molecule has 1 aromatic rings. The van der Waals surface area contributed by atoms with Crippen molar-refractivity contribution in [3.63, 3.8) is 0 Å². The van der Waals surface area contributed by atoms with E-state index in [1.165, 1.54) is 6.08 Å². The fourth-order valence-corrected chi connectivity index (χ4v) is 1.94. The van der Waals surface area contributed by atoms with Crippen LogP contribution in [0, 0.1) is 0 Å². The van der Waals surface area contributed by atoms with Gasteiger partial charge >= 0.3 is 5.97 Å². The summed E-state index contributed by atoms with van der Waals surface area (Å²) in [5.41, 5.74) is 1.13. The number of hydrogen-bond donors (Lipinski definition) is 0. The van der Waals surface area contributed by atoms with E-state index in [4.69, 9.17) is 4.74 Å². The predicted molar refractivity (Wildman–Crippen MR) is 75.9 cm³/mol. The van der Waals surface area contributed by atoms with Crippen LogP contribution in [0.4, 0.5) is 0 Å². The summed E-state index contributed by atoms with van der Waals surface area (Å²) in [5, 5.41) is 0. The Balaban J connectivity index is 0.00000289. The van der Waals surface area contributed by atoms with E-state index < -0.39 is 0 Å². The molecule has 3 nitrogen and oxygen atoms in total. The highest BCUT2D eigenvalue weighted by atomic mass is 35.5. The molecular formula is C14H20ClNO2. The van der Waals surface area contributed by atoms with Crippen LogP contribution in [0.25, 0.3) is 0 Å². The summed E-state index contributed by atoms with van der Waals surface area (Å²) in [4.78, 5) is 13.3. The standard InChI is InChI=1S/C14H19NO2.ClH/c1-5-13(16)17-11(2)14(15(3)4)12-9-7-6-8-10-12;/h5-11,14H,1H2,2-4H3;1H. The number of ether oxygens (including phenoxy) is 1. The fourth-order valence-electron chi connectivity index (χ4n) is 1.94. The smallest absolute Gasteiger partial charge is 0.330 e. The van der Waals surface area contributed by atoms with Crippen molar-refractivity contribution in [3.05, 3.63) is 48.6 Å². The van der Waals surface area contributed by atoms with E-state index in [9.17, 15) is 4.79 Å².